The van der Waals surface area contributed by atoms with Crippen molar-refractivity contribution in [2.24, 2.45) is 5.41 Å². The number of nitrogens with zero attached hydrogens (tertiary/aromatic N) is 1. The summed E-state index contributed by atoms with van der Waals surface area (Å²) in [5, 5.41) is 0. The Hall–Kier alpha value is -1.14. The number of nitrogen functional groups attached to an aromatic ring is 1. The average Bonchev–Trinajstić information content (AvgIpc) is 2.72. The molecule has 6 heteroatoms. The highest BCUT2D eigenvalue weighted by molar-refractivity contribution is 7.89. The number of aromatic nitrogens is 1. The van der Waals surface area contributed by atoms with Gasteiger partial charge in [-0.15, -0.1) is 0 Å². The SMILES string of the molecule is CC1(C)CC1NS(=O)(=O)c1ccnc(N)c1. The van der Waals surface area contributed by atoms with Crippen LogP contribution in [0.1, 0.15) is 20.3 Å². The van der Waals surface area contributed by atoms with Crippen LogP contribution in [0, 0.1) is 5.41 Å². The first-order valence-corrected chi connectivity index (χ1v) is 6.53. The zero-order chi connectivity index (χ0) is 12.0. The molecule has 0 radical (unpaired) electrons. The van der Waals surface area contributed by atoms with Gasteiger partial charge in [0.15, 0.2) is 0 Å². The molecule has 1 saturated carbocycles. The summed E-state index contributed by atoms with van der Waals surface area (Å²) in [6.45, 7) is 4.06. The summed E-state index contributed by atoms with van der Waals surface area (Å²) >= 11 is 0. The summed E-state index contributed by atoms with van der Waals surface area (Å²) in [5.74, 6) is 0.206. The second kappa shape index (κ2) is 3.43. The molecule has 0 aromatic carbocycles. The van der Waals surface area contributed by atoms with E-state index in [1.165, 1.54) is 18.3 Å². The number of pyridine rings is 1. The van der Waals surface area contributed by atoms with Crippen LogP contribution in [0.5, 0.6) is 0 Å². The lowest BCUT2D eigenvalue weighted by Crippen LogP contribution is -2.28. The molecule has 0 bridgehead atoms. The molecule has 0 saturated heterocycles. The van der Waals surface area contributed by atoms with Crippen molar-refractivity contribution in [2.45, 2.75) is 31.2 Å². The highest BCUT2D eigenvalue weighted by Crippen LogP contribution is 2.45. The van der Waals surface area contributed by atoms with Crippen LogP contribution in [0.15, 0.2) is 23.2 Å². The van der Waals surface area contributed by atoms with Crippen molar-refractivity contribution in [3.63, 3.8) is 0 Å². The molecule has 1 atom stereocenters. The molecule has 1 aliphatic carbocycles. The molecule has 2 rings (SSSR count). The van der Waals surface area contributed by atoms with Gasteiger partial charge in [-0.1, -0.05) is 13.8 Å². The van der Waals surface area contributed by atoms with Gasteiger partial charge in [0.2, 0.25) is 10.0 Å². The first-order chi connectivity index (χ1) is 7.31. The Kier molecular flexibility index (Phi) is 2.43. The predicted molar refractivity (Wildman–Crippen MR) is 61.2 cm³/mol. The van der Waals surface area contributed by atoms with Crippen LogP contribution >= 0.6 is 0 Å². The van der Waals surface area contributed by atoms with Gasteiger partial charge in [-0.25, -0.2) is 18.1 Å². The Morgan fingerprint density at radius 3 is 2.69 bits per heavy atom. The van der Waals surface area contributed by atoms with Crippen LogP contribution in [0.3, 0.4) is 0 Å². The Bertz CT molecular complexity index is 511. The lowest BCUT2D eigenvalue weighted by molar-refractivity contribution is 0.555. The summed E-state index contributed by atoms with van der Waals surface area (Å²) in [4.78, 5) is 3.93. The highest BCUT2D eigenvalue weighted by Gasteiger charge is 2.47. The van der Waals surface area contributed by atoms with E-state index in [4.69, 9.17) is 5.73 Å². The lowest BCUT2D eigenvalue weighted by atomic mass is 10.2. The molecule has 1 aliphatic rings. The molecule has 88 valence electrons. The molecule has 3 N–H and O–H groups in total. The summed E-state index contributed by atoms with van der Waals surface area (Å²) in [6.07, 6.45) is 2.26. The van der Waals surface area contributed by atoms with Crippen LogP contribution in [0.25, 0.3) is 0 Å². The Labute approximate surface area is 95.1 Å². The van der Waals surface area contributed by atoms with Crippen LogP contribution in [0.2, 0.25) is 0 Å². The molecule has 16 heavy (non-hydrogen) atoms. The second-order valence-corrected chi connectivity index (χ2v) is 6.50. The summed E-state index contributed by atoms with van der Waals surface area (Å²) < 4.78 is 26.5. The van der Waals surface area contributed by atoms with Gasteiger partial charge in [-0.2, -0.15) is 0 Å². The minimum absolute atomic E-state index is 0.0203. The third kappa shape index (κ3) is 2.17. The van der Waals surface area contributed by atoms with E-state index in [0.717, 1.165) is 6.42 Å². The van der Waals surface area contributed by atoms with Crippen molar-refractivity contribution >= 4 is 15.8 Å². The molecule has 5 nitrogen and oxygen atoms in total. The van der Waals surface area contributed by atoms with E-state index in [-0.39, 0.29) is 22.2 Å². The smallest absolute Gasteiger partial charge is 0.241 e. The minimum atomic E-state index is -3.46. The van der Waals surface area contributed by atoms with Gasteiger partial charge in [0, 0.05) is 18.3 Å². The Morgan fingerprint density at radius 2 is 2.19 bits per heavy atom. The molecule has 1 heterocycles. The van der Waals surface area contributed by atoms with E-state index in [2.05, 4.69) is 9.71 Å². The van der Waals surface area contributed by atoms with Gasteiger partial charge in [-0.05, 0) is 17.9 Å². The third-order valence-electron chi connectivity index (χ3n) is 2.87. The van der Waals surface area contributed by atoms with Crippen molar-refractivity contribution in [1.82, 2.24) is 9.71 Å². The van der Waals surface area contributed by atoms with Crippen molar-refractivity contribution in [1.29, 1.82) is 0 Å². The van der Waals surface area contributed by atoms with E-state index in [1.807, 2.05) is 13.8 Å². The van der Waals surface area contributed by atoms with Gasteiger partial charge in [-0.3, -0.25) is 0 Å². The molecule has 1 aromatic rings. The molecule has 0 spiro atoms. The number of nitrogens with two attached hydrogens (primary N) is 1. The van der Waals surface area contributed by atoms with Crippen LogP contribution in [-0.4, -0.2) is 19.4 Å². The quantitative estimate of drug-likeness (QED) is 0.817. The number of hydrogen-bond acceptors (Lipinski definition) is 4. The topological polar surface area (TPSA) is 85.1 Å². The van der Waals surface area contributed by atoms with Crippen LogP contribution in [0.4, 0.5) is 5.82 Å². The monoisotopic (exact) mass is 241 g/mol. The van der Waals surface area contributed by atoms with E-state index >= 15 is 0 Å². The van der Waals surface area contributed by atoms with Crippen molar-refractivity contribution in [3.05, 3.63) is 18.3 Å². The fourth-order valence-corrected chi connectivity index (χ4v) is 2.95. The van der Waals surface area contributed by atoms with Crippen LogP contribution in [-0.2, 0) is 10.0 Å². The van der Waals surface area contributed by atoms with Gasteiger partial charge in [0.25, 0.3) is 0 Å². The average molecular weight is 241 g/mol. The Balaban J connectivity index is 2.20. The third-order valence-corrected chi connectivity index (χ3v) is 4.34. The number of sulfonamides is 1. The number of rotatable bonds is 3. The molecule has 1 fully saturated rings. The maximum absolute atomic E-state index is 11.9. The zero-order valence-electron chi connectivity index (χ0n) is 9.27. The molecular formula is C10H15N3O2S. The molecule has 0 aliphatic heterocycles. The van der Waals surface area contributed by atoms with Crippen molar-refractivity contribution < 1.29 is 8.42 Å². The second-order valence-electron chi connectivity index (χ2n) is 4.78. The molecule has 0 amide bonds. The number of nitrogens with one attached hydrogen (secondary N) is 1. The minimum Gasteiger partial charge on any atom is -0.384 e. The van der Waals surface area contributed by atoms with Crippen LogP contribution < -0.4 is 10.5 Å². The summed E-state index contributed by atoms with van der Waals surface area (Å²) in [6, 6.07) is 2.82. The maximum atomic E-state index is 11.9. The van der Waals surface area contributed by atoms with Gasteiger partial charge in [0.1, 0.15) is 5.82 Å². The lowest BCUT2D eigenvalue weighted by Gasteiger charge is -2.08. The van der Waals surface area contributed by atoms with E-state index < -0.39 is 10.0 Å². The number of hydrogen-bond donors (Lipinski definition) is 2. The molecule has 1 unspecified atom stereocenters. The first-order valence-electron chi connectivity index (χ1n) is 5.05. The highest BCUT2D eigenvalue weighted by atomic mass is 32.2. The largest absolute Gasteiger partial charge is 0.384 e. The Morgan fingerprint density at radius 1 is 1.56 bits per heavy atom. The number of anilines is 1. The van der Waals surface area contributed by atoms with Crippen molar-refractivity contribution in [3.8, 4) is 0 Å². The van der Waals surface area contributed by atoms with Gasteiger partial charge >= 0.3 is 0 Å². The summed E-state index contributed by atoms with van der Waals surface area (Å²) in [7, 11) is -3.46. The molecular weight excluding hydrogens is 226 g/mol. The van der Waals surface area contributed by atoms with E-state index in [0.29, 0.717) is 0 Å². The normalized spacial score (nSPS) is 23.0. The fraction of sp³-hybridized carbons (Fsp3) is 0.500. The molecule has 1 aromatic heterocycles. The van der Waals surface area contributed by atoms with Gasteiger partial charge < -0.3 is 5.73 Å². The van der Waals surface area contributed by atoms with Crippen molar-refractivity contribution in [2.75, 3.05) is 5.73 Å². The standard InChI is InChI=1S/C10H15N3O2S/c1-10(2)6-8(10)13-16(14,15)7-3-4-12-9(11)5-7/h3-5,8,13H,6H2,1-2H3,(H2,11,12). The first kappa shape index (κ1) is 11.3. The fourth-order valence-electron chi connectivity index (χ4n) is 1.52. The zero-order valence-corrected chi connectivity index (χ0v) is 10.1. The predicted octanol–water partition coefficient (Wildman–Crippen LogP) is 0.741. The summed E-state index contributed by atoms with van der Waals surface area (Å²) in [5.41, 5.74) is 5.51. The maximum Gasteiger partial charge on any atom is 0.241 e. The van der Waals surface area contributed by atoms with Gasteiger partial charge in [0.05, 0.1) is 4.90 Å². The van der Waals surface area contributed by atoms with E-state index in [1.54, 1.807) is 0 Å². The van der Waals surface area contributed by atoms with E-state index in [9.17, 15) is 8.42 Å².